The number of nitrogens with two attached hydrogens (primary N) is 1. The van der Waals surface area contributed by atoms with Crippen LogP contribution >= 0.6 is 0 Å². The highest BCUT2D eigenvalue weighted by atomic mass is 15.3. The van der Waals surface area contributed by atoms with Crippen molar-refractivity contribution in [1.29, 1.82) is 0 Å². The predicted octanol–water partition coefficient (Wildman–Crippen LogP) is 1.06. The second-order valence-corrected chi connectivity index (χ2v) is 4.82. The molecule has 2 saturated heterocycles. The van der Waals surface area contributed by atoms with Gasteiger partial charge in [0.05, 0.1) is 0 Å². The summed E-state index contributed by atoms with van der Waals surface area (Å²) in [5.74, 6) is 1.58. The smallest absolute Gasteiger partial charge is 0.0257 e. The molecule has 2 heterocycles. The van der Waals surface area contributed by atoms with Gasteiger partial charge in [0.15, 0.2) is 0 Å². The number of hydrogen-bond acceptors (Lipinski definition) is 2. The van der Waals surface area contributed by atoms with E-state index in [-0.39, 0.29) is 0 Å². The van der Waals surface area contributed by atoms with Crippen molar-refractivity contribution in [2.24, 2.45) is 17.6 Å². The first-order valence-electron chi connectivity index (χ1n) is 5.12. The van der Waals surface area contributed by atoms with Crippen LogP contribution in [-0.4, -0.2) is 29.6 Å². The number of hydrogen-bond donors (Lipinski definition) is 1. The van der Waals surface area contributed by atoms with Gasteiger partial charge in [-0.05, 0) is 25.2 Å². The zero-order valence-corrected chi connectivity index (χ0v) is 8.33. The molecule has 2 N–H and O–H groups in total. The van der Waals surface area contributed by atoms with Gasteiger partial charge in [-0.3, -0.25) is 4.90 Å². The Hall–Kier alpha value is -0.0800. The third-order valence-corrected chi connectivity index (χ3v) is 3.89. The lowest BCUT2D eigenvalue weighted by Gasteiger charge is -2.37. The van der Waals surface area contributed by atoms with Gasteiger partial charge in [0, 0.05) is 24.7 Å². The molecule has 12 heavy (non-hydrogen) atoms. The zero-order valence-electron chi connectivity index (χ0n) is 8.33. The molecule has 2 heteroatoms. The molecule has 0 spiro atoms. The van der Waals surface area contributed by atoms with Gasteiger partial charge in [0.1, 0.15) is 0 Å². The summed E-state index contributed by atoms with van der Waals surface area (Å²) in [5, 5.41) is 0. The standard InChI is InChI=1S/C10H20N2/c1-6(2)7(3)12-5-8-4-9(12)10(8)11/h6-10H,4-5,11H2,1-3H3. The average Bonchev–Trinajstić information content (AvgIpc) is 2.57. The summed E-state index contributed by atoms with van der Waals surface area (Å²) in [6, 6.07) is 1.92. The van der Waals surface area contributed by atoms with E-state index in [2.05, 4.69) is 25.7 Å². The highest BCUT2D eigenvalue weighted by Gasteiger charge is 2.51. The van der Waals surface area contributed by atoms with E-state index in [4.69, 9.17) is 5.73 Å². The van der Waals surface area contributed by atoms with Crippen molar-refractivity contribution in [3.05, 3.63) is 0 Å². The van der Waals surface area contributed by atoms with Gasteiger partial charge in [0.2, 0.25) is 0 Å². The SMILES string of the molecule is CC(C)C(C)N1CC2CC1C2N. The normalized spacial score (nSPS) is 43.2. The lowest BCUT2D eigenvalue weighted by Crippen LogP contribution is -2.51. The largest absolute Gasteiger partial charge is 0.326 e. The molecule has 4 unspecified atom stereocenters. The van der Waals surface area contributed by atoms with Crippen LogP contribution in [0.5, 0.6) is 0 Å². The van der Waals surface area contributed by atoms with E-state index in [1.807, 2.05) is 0 Å². The van der Waals surface area contributed by atoms with Gasteiger partial charge in [-0.15, -0.1) is 0 Å². The van der Waals surface area contributed by atoms with Crippen molar-refractivity contribution < 1.29 is 0 Å². The topological polar surface area (TPSA) is 29.3 Å². The van der Waals surface area contributed by atoms with Crippen LogP contribution in [0.2, 0.25) is 0 Å². The molecule has 3 aliphatic rings. The van der Waals surface area contributed by atoms with E-state index in [9.17, 15) is 0 Å². The van der Waals surface area contributed by atoms with Crippen LogP contribution in [0.1, 0.15) is 27.2 Å². The molecule has 1 aliphatic carbocycles. The Balaban J connectivity index is 1.99. The monoisotopic (exact) mass is 168 g/mol. The molecule has 2 aliphatic heterocycles. The van der Waals surface area contributed by atoms with Crippen molar-refractivity contribution in [3.8, 4) is 0 Å². The highest BCUT2D eigenvalue weighted by Crippen LogP contribution is 2.41. The van der Waals surface area contributed by atoms with Gasteiger partial charge < -0.3 is 5.73 Å². The first-order chi connectivity index (χ1) is 5.61. The second-order valence-electron chi connectivity index (χ2n) is 4.82. The Morgan fingerprint density at radius 1 is 1.33 bits per heavy atom. The van der Waals surface area contributed by atoms with E-state index in [0.717, 1.165) is 11.8 Å². The first kappa shape index (κ1) is 8.52. The summed E-state index contributed by atoms with van der Waals surface area (Å²) >= 11 is 0. The maximum Gasteiger partial charge on any atom is 0.0257 e. The summed E-state index contributed by atoms with van der Waals surface area (Å²) in [5.41, 5.74) is 6.01. The Bertz CT molecular complexity index is 179. The molecular formula is C10H20N2. The maximum absolute atomic E-state index is 6.01. The minimum atomic E-state index is 0.492. The Morgan fingerprint density at radius 2 is 2.00 bits per heavy atom. The molecule has 3 rings (SSSR count). The third-order valence-electron chi connectivity index (χ3n) is 3.89. The number of nitrogens with zero attached hydrogens (tertiary/aromatic N) is 1. The second kappa shape index (κ2) is 2.71. The molecule has 70 valence electrons. The minimum Gasteiger partial charge on any atom is -0.326 e. The molecule has 4 atom stereocenters. The van der Waals surface area contributed by atoms with Gasteiger partial charge in [-0.2, -0.15) is 0 Å². The molecular weight excluding hydrogens is 148 g/mol. The molecule has 0 amide bonds. The van der Waals surface area contributed by atoms with Crippen molar-refractivity contribution >= 4 is 0 Å². The molecule has 0 aromatic heterocycles. The van der Waals surface area contributed by atoms with E-state index < -0.39 is 0 Å². The van der Waals surface area contributed by atoms with Crippen molar-refractivity contribution in [2.75, 3.05) is 6.54 Å². The van der Waals surface area contributed by atoms with Gasteiger partial charge in [-0.1, -0.05) is 13.8 Å². The predicted molar refractivity (Wildman–Crippen MR) is 50.9 cm³/mol. The van der Waals surface area contributed by atoms with E-state index in [1.165, 1.54) is 13.0 Å². The van der Waals surface area contributed by atoms with Gasteiger partial charge >= 0.3 is 0 Å². The molecule has 1 saturated carbocycles. The van der Waals surface area contributed by atoms with Crippen LogP contribution in [0.3, 0.4) is 0 Å². The zero-order chi connectivity index (χ0) is 8.88. The molecule has 2 nitrogen and oxygen atoms in total. The molecule has 0 aromatic rings. The summed E-state index contributed by atoms with van der Waals surface area (Å²) in [4.78, 5) is 2.61. The fourth-order valence-electron chi connectivity index (χ4n) is 2.55. The summed E-state index contributed by atoms with van der Waals surface area (Å²) in [7, 11) is 0. The molecule has 0 aromatic carbocycles. The lowest BCUT2D eigenvalue weighted by atomic mass is 9.81. The van der Waals surface area contributed by atoms with Crippen LogP contribution in [0, 0.1) is 11.8 Å². The fourth-order valence-corrected chi connectivity index (χ4v) is 2.55. The Morgan fingerprint density at radius 3 is 2.33 bits per heavy atom. The molecule has 3 fully saturated rings. The van der Waals surface area contributed by atoms with Crippen molar-refractivity contribution in [2.45, 2.75) is 45.3 Å². The van der Waals surface area contributed by atoms with Crippen molar-refractivity contribution in [1.82, 2.24) is 4.90 Å². The van der Waals surface area contributed by atoms with E-state index in [0.29, 0.717) is 18.1 Å². The van der Waals surface area contributed by atoms with Gasteiger partial charge in [-0.25, -0.2) is 0 Å². The first-order valence-corrected chi connectivity index (χ1v) is 5.12. The summed E-state index contributed by atoms with van der Waals surface area (Å²) < 4.78 is 0. The van der Waals surface area contributed by atoms with E-state index in [1.54, 1.807) is 0 Å². The summed E-state index contributed by atoms with van der Waals surface area (Å²) in [6.07, 6.45) is 1.36. The van der Waals surface area contributed by atoms with Crippen molar-refractivity contribution in [3.63, 3.8) is 0 Å². The molecule has 2 bridgehead atoms. The van der Waals surface area contributed by atoms with Crippen LogP contribution in [-0.2, 0) is 0 Å². The van der Waals surface area contributed by atoms with Crippen LogP contribution in [0.25, 0.3) is 0 Å². The highest BCUT2D eigenvalue weighted by molar-refractivity contribution is 5.08. The van der Waals surface area contributed by atoms with Crippen LogP contribution < -0.4 is 5.73 Å². The average molecular weight is 168 g/mol. The molecule has 0 radical (unpaired) electrons. The quantitative estimate of drug-likeness (QED) is 0.668. The Labute approximate surface area is 75.1 Å². The maximum atomic E-state index is 6.01. The number of rotatable bonds is 2. The third kappa shape index (κ3) is 1.01. The minimum absolute atomic E-state index is 0.492. The number of fused-ring (bicyclic) bond motifs is 1. The Kier molecular flexibility index (Phi) is 1.92. The fraction of sp³-hybridized carbons (Fsp3) is 1.00. The van der Waals surface area contributed by atoms with Gasteiger partial charge in [0.25, 0.3) is 0 Å². The lowest BCUT2D eigenvalue weighted by molar-refractivity contribution is 0.145. The summed E-state index contributed by atoms with van der Waals surface area (Å²) in [6.45, 7) is 8.18. The van der Waals surface area contributed by atoms with E-state index >= 15 is 0 Å². The van der Waals surface area contributed by atoms with Crippen LogP contribution in [0.15, 0.2) is 0 Å². The van der Waals surface area contributed by atoms with Crippen LogP contribution in [0.4, 0.5) is 0 Å².